The minimum Gasteiger partial charge on any atom is -0.356 e. The van der Waals surface area contributed by atoms with Crippen LogP contribution in [0.2, 0.25) is 0 Å². The highest BCUT2D eigenvalue weighted by Gasteiger charge is 2.34. The summed E-state index contributed by atoms with van der Waals surface area (Å²) in [6.07, 6.45) is 4.57. The second kappa shape index (κ2) is 9.18. The molecule has 0 aliphatic carbocycles. The van der Waals surface area contributed by atoms with E-state index < -0.39 is 17.4 Å². The number of nitrogens with one attached hydrogen (secondary N) is 1. The molecule has 1 N–H and O–H groups in total. The van der Waals surface area contributed by atoms with Crippen LogP contribution >= 0.6 is 12.4 Å². The molecule has 3 aromatic heterocycles. The van der Waals surface area contributed by atoms with Gasteiger partial charge in [0.2, 0.25) is 0 Å². The minimum atomic E-state index is -4.58. The number of H-pyrrole nitrogens is 1. The molecule has 2 aliphatic rings. The van der Waals surface area contributed by atoms with Crippen LogP contribution < -0.4 is 10.5 Å². The summed E-state index contributed by atoms with van der Waals surface area (Å²) in [4.78, 5) is 29.5. The topological polar surface area (TPSA) is 87.9 Å². The predicted octanol–water partition coefficient (Wildman–Crippen LogP) is 2.65. The van der Waals surface area contributed by atoms with Crippen LogP contribution in [0, 0.1) is 0 Å². The minimum absolute atomic E-state index is 0. The van der Waals surface area contributed by atoms with Gasteiger partial charge in [-0.25, -0.2) is 15.0 Å². The quantitative estimate of drug-likeness (QED) is 0.612. The molecule has 0 unspecified atom stereocenters. The lowest BCUT2D eigenvalue weighted by Gasteiger charge is -2.37. The van der Waals surface area contributed by atoms with E-state index >= 15 is 0 Å². The van der Waals surface area contributed by atoms with Crippen molar-refractivity contribution in [2.45, 2.75) is 37.9 Å². The molecular formula is C20H24ClF3N8O. The average Bonchev–Trinajstić information content (AvgIpc) is 3.54. The number of rotatable bonds is 4. The highest BCUT2D eigenvalue weighted by Crippen LogP contribution is 2.28. The van der Waals surface area contributed by atoms with Gasteiger partial charge in [-0.3, -0.25) is 14.5 Å². The maximum Gasteiger partial charge on any atom is 0.434 e. The number of aromatic nitrogens is 6. The molecule has 0 amide bonds. The monoisotopic (exact) mass is 484 g/mol. The molecule has 0 bridgehead atoms. The number of likely N-dealkylation sites (tertiary alicyclic amines) is 1. The van der Waals surface area contributed by atoms with E-state index in [1.54, 1.807) is 6.07 Å². The molecule has 9 nitrogen and oxygen atoms in total. The van der Waals surface area contributed by atoms with Crippen molar-refractivity contribution in [3.05, 3.63) is 47.2 Å². The van der Waals surface area contributed by atoms with Gasteiger partial charge in [0.1, 0.15) is 24.2 Å². The van der Waals surface area contributed by atoms with Crippen LogP contribution in [0.5, 0.6) is 0 Å². The summed E-state index contributed by atoms with van der Waals surface area (Å²) in [6.45, 7) is 4.11. The van der Waals surface area contributed by atoms with Gasteiger partial charge in [-0.1, -0.05) is 0 Å². The van der Waals surface area contributed by atoms with Crippen LogP contribution in [0.25, 0.3) is 11.5 Å². The Morgan fingerprint density at radius 3 is 2.36 bits per heavy atom. The van der Waals surface area contributed by atoms with Gasteiger partial charge in [0.15, 0.2) is 11.5 Å². The number of hydrogen-bond donors (Lipinski definition) is 1. The first-order valence-electron chi connectivity index (χ1n) is 10.6. The zero-order chi connectivity index (χ0) is 22.3. The molecule has 2 fully saturated rings. The highest BCUT2D eigenvalue weighted by atomic mass is 35.5. The van der Waals surface area contributed by atoms with Gasteiger partial charge in [-0.15, -0.1) is 12.4 Å². The Labute approximate surface area is 193 Å². The van der Waals surface area contributed by atoms with E-state index in [1.165, 1.54) is 43.1 Å². The zero-order valence-corrected chi connectivity index (χ0v) is 18.5. The number of halogens is 4. The number of imidazole rings is 1. The third-order valence-corrected chi connectivity index (χ3v) is 6.22. The molecule has 2 aliphatic heterocycles. The van der Waals surface area contributed by atoms with Crippen molar-refractivity contribution in [1.29, 1.82) is 0 Å². The molecule has 0 saturated carbocycles. The van der Waals surface area contributed by atoms with E-state index in [2.05, 4.69) is 29.9 Å². The lowest BCUT2D eigenvalue weighted by Crippen LogP contribution is -2.44. The molecule has 178 valence electrons. The Balaban J connectivity index is 0.00000259. The zero-order valence-electron chi connectivity index (χ0n) is 17.7. The van der Waals surface area contributed by atoms with Crippen LogP contribution in [-0.4, -0.2) is 66.4 Å². The third-order valence-electron chi connectivity index (χ3n) is 6.22. The van der Waals surface area contributed by atoms with Crippen LogP contribution in [0.15, 0.2) is 35.9 Å². The van der Waals surface area contributed by atoms with Gasteiger partial charge in [0.05, 0.1) is 0 Å². The first-order chi connectivity index (χ1) is 15.4. The Bertz CT molecular complexity index is 1140. The summed E-state index contributed by atoms with van der Waals surface area (Å²) in [7, 11) is 0. The molecule has 0 aromatic carbocycles. The molecule has 0 atom stereocenters. The smallest absolute Gasteiger partial charge is 0.356 e. The lowest BCUT2D eigenvalue weighted by molar-refractivity contribution is -0.140. The van der Waals surface area contributed by atoms with Gasteiger partial charge in [0, 0.05) is 37.6 Å². The molecule has 33 heavy (non-hydrogen) atoms. The first-order valence-corrected chi connectivity index (χ1v) is 10.6. The number of alkyl halides is 3. The molecule has 0 spiro atoms. The number of hydrogen-bond acceptors (Lipinski definition) is 6. The van der Waals surface area contributed by atoms with Crippen LogP contribution in [-0.2, 0) is 6.18 Å². The normalized spacial score (nSPS) is 18.0. The average molecular weight is 485 g/mol. The standard InChI is InChI=1S/C20H23F3N8O.ClH/c21-20(22,23)16-11-30(13-26-16)15-10-27-31(19(15)32)18-9-17(24-12-25-18)29-7-3-14(4-8-29)28-5-1-2-6-28;/h9-14,27H,1-8H2;1H. The largest absolute Gasteiger partial charge is 0.434 e. The Morgan fingerprint density at radius 1 is 1.00 bits per heavy atom. The molecule has 5 heterocycles. The Morgan fingerprint density at radius 2 is 1.70 bits per heavy atom. The SMILES string of the molecule is Cl.O=c1c(-n2cnc(C(F)(F)F)c2)c[nH]n1-c1cc(N2CCC(N3CCCC3)CC2)ncn1. The van der Waals surface area contributed by atoms with Crippen molar-refractivity contribution >= 4 is 18.2 Å². The van der Waals surface area contributed by atoms with Gasteiger partial charge in [-0.05, 0) is 38.8 Å². The number of anilines is 1. The van der Waals surface area contributed by atoms with Crippen molar-refractivity contribution in [3.63, 3.8) is 0 Å². The summed E-state index contributed by atoms with van der Waals surface area (Å²) in [5.41, 5.74) is -1.58. The van der Waals surface area contributed by atoms with E-state index in [0.29, 0.717) is 11.9 Å². The highest BCUT2D eigenvalue weighted by molar-refractivity contribution is 5.85. The fourth-order valence-electron chi connectivity index (χ4n) is 4.52. The molecule has 3 aromatic rings. The summed E-state index contributed by atoms with van der Waals surface area (Å²) >= 11 is 0. The molecule has 5 rings (SSSR count). The van der Waals surface area contributed by atoms with Crippen molar-refractivity contribution in [2.75, 3.05) is 31.1 Å². The fourth-order valence-corrected chi connectivity index (χ4v) is 4.52. The second-order valence-corrected chi connectivity index (χ2v) is 8.16. The summed E-state index contributed by atoms with van der Waals surface area (Å²) in [5.74, 6) is 1.05. The van der Waals surface area contributed by atoms with Crippen molar-refractivity contribution in [3.8, 4) is 11.5 Å². The van der Waals surface area contributed by atoms with E-state index in [9.17, 15) is 18.0 Å². The molecule has 0 radical (unpaired) electrons. The summed E-state index contributed by atoms with van der Waals surface area (Å²) in [6, 6.07) is 2.33. The summed E-state index contributed by atoms with van der Waals surface area (Å²) < 4.78 is 40.7. The molecule has 2 saturated heterocycles. The predicted molar refractivity (Wildman–Crippen MR) is 117 cm³/mol. The van der Waals surface area contributed by atoms with Crippen LogP contribution in [0.1, 0.15) is 31.4 Å². The first kappa shape index (κ1) is 23.3. The molecular weight excluding hydrogens is 461 g/mol. The molecule has 13 heteroatoms. The lowest BCUT2D eigenvalue weighted by atomic mass is 10.0. The van der Waals surface area contributed by atoms with E-state index in [4.69, 9.17) is 0 Å². The Hall–Kier alpha value is -2.86. The van der Waals surface area contributed by atoms with Crippen LogP contribution in [0.4, 0.5) is 19.0 Å². The van der Waals surface area contributed by atoms with Gasteiger partial charge >= 0.3 is 6.18 Å². The van der Waals surface area contributed by atoms with Gasteiger partial charge in [-0.2, -0.15) is 17.9 Å². The van der Waals surface area contributed by atoms with Crippen molar-refractivity contribution in [1.82, 2.24) is 34.2 Å². The van der Waals surface area contributed by atoms with Gasteiger partial charge < -0.3 is 9.80 Å². The van der Waals surface area contributed by atoms with Crippen molar-refractivity contribution < 1.29 is 13.2 Å². The van der Waals surface area contributed by atoms with Gasteiger partial charge in [0.25, 0.3) is 5.56 Å². The maximum absolute atomic E-state index is 12.8. The Kier molecular flexibility index (Phi) is 6.48. The second-order valence-electron chi connectivity index (χ2n) is 8.16. The van der Waals surface area contributed by atoms with Crippen molar-refractivity contribution in [2.24, 2.45) is 0 Å². The van der Waals surface area contributed by atoms with E-state index in [0.717, 1.165) is 48.8 Å². The third kappa shape index (κ3) is 4.62. The number of piperidine rings is 1. The van der Waals surface area contributed by atoms with Crippen LogP contribution in [0.3, 0.4) is 0 Å². The summed E-state index contributed by atoms with van der Waals surface area (Å²) in [5, 5.41) is 2.77. The number of aromatic amines is 1. The number of nitrogens with zero attached hydrogens (tertiary/aromatic N) is 7. The van der Waals surface area contributed by atoms with E-state index in [1.807, 2.05) is 0 Å². The fraction of sp³-hybridized carbons (Fsp3) is 0.500. The van der Waals surface area contributed by atoms with E-state index in [-0.39, 0.29) is 18.1 Å². The maximum atomic E-state index is 12.8.